The molecule has 0 aliphatic rings. The van der Waals surface area contributed by atoms with Gasteiger partial charge in [-0.1, -0.05) is 30.3 Å². The van der Waals surface area contributed by atoms with E-state index in [0.29, 0.717) is 22.8 Å². The zero-order valence-corrected chi connectivity index (χ0v) is 16.9. The summed E-state index contributed by atoms with van der Waals surface area (Å²) in [4.78, 5) is 12.8. The van der Waals surface area contributed by atoms with E-state index in [1.54, 1.807) is 20.1 Å². The molecule has 4 aromatic rings. The van der Waals surface area contributed by atoms with Crippen molar-refractivity contribution in [2.24, 2.45) is 0 Å². The van der Waals surface area contributed by atoms with Crippen LogP contribution in [0.1, 0.15) is 18.1 Å². The molecule has 0 spiro atoms. The van der Waals surface area contributed by atoms with Gasteiger partial charge in [-0.05, 0) is 50.1 Å². The Labute approximate surface area is 169 Å². The third kappa shape index (κ3) is 3.51. The number of benzene rings is 3. The van der Waals surface area contributed by atoms with Crippen LogP contribution in [0.15, 0.2) is 59.0 Å². The van der Waals surface area contributed by atoms with Crippen LogP contribution in [0.2, 0.25) is 0 Å². The van der Waals surface area contributed by atoms with E-state index in [2.05, 4.69) is 5.32 Å². The maximum absolute atomic E-state index is 12.8. The molecule has 0 aliphatic heterocycles. The van der Waals surface area contributed by atoms with Gasteiger partial charge in [0.2, 0.25) is 0 Å². The Balaban J connectivity index is 1.61. The van der Waals surface area contributed by atoms with E-state index in [1.807, 2.05) is 62.4 Å². The first-order valence-electron chi connectivity index (χ1n) is 9.51. The topological polar surface area (TPSA) is 60.7 Å². The van der Waals surface area contributed by atoms with Gasteiger partial charge >= 0.3 is 0 Å². The normalized spacial score (nSPS) is 12.1. The maximum atomic E-state index is 12.8. The lowest BCUT2D eigenvalue weighted by atomic mass is 10.1. The van der Waals surface area contributed by atoms with Crippen LogP contribution in [-0.2, 0) is 4.79 Å². The van der Waals surface area contributed by atoms with Crippen LogP contribution in [0.5, 0.6) is 11.5 Å². The smallest absolute Gasteiger partial charge is 0.265 e. The van der Waals surface area contributed by atoms with Gasteiger partial charge in [-0.3, -0.25) is 4.79 Å². The van der Waals surface area contributed by atoms with Crippen molar-refractivity contribution in [1.29, 1.82) is 0 Å². The van der Waals surface area contributed by atoms with E-state index in [9.17, 15) is 4.79 Å². The predicted molar refractivity (Wildman–Crippen MR) is 115 cm³/mol. The second kappa shape index (κ2) is 7.51. The Hall–Kier alpha value is -3.47. The van der Waals surface area contributed by atoms with Crippen molar-refractivity contribution < 1.29 is 18.7 Å². The number of carbonyl (C=O) groups is 1. The number of carbonyl (C=O) groups excluding carboxylic acids is 1. The Morgan fingerprint density at radius 2 is 1.76 bits per heavy atom. The van der Waals surface area contributed by atoms with Gasteiger partial charge in [0.1, 0.15) is 22.7 Å². The van der Waals surface area contributed by atoms with Crippen LogP contribution in [-0.4, -0.2) is 19.1 Å². The molecule has 0 fully saturated rings. The second-order valence-electron chi connectivity index (χ2n) is 7.09. The molecule has 1 aromatic heterocycles. The Kier molecular flexibility index (Phi) is 4.89. The number of methoxy groups -OCH3 is 1. The Morgan fingerprint density at radius 1 is 0.966 bits per heavy atom. The molecule has 1 N–H and O–H groups in total. The molecule has 3 aromatic carbocycles. The molecule has 1 atom stereocenters. The van der Waals surface area contributed by atoms with Crippen molar-refractivity contribution in [2.75, 3.05) is 12.4 Å². The van der Waals surface area contributed by atoms with Gasteiger partial charge < -0.3 is 19.2 Å². The number of hydrogen-bond donors (Lipinski definition) is 1. The third-order valence-corrected chi connectivity index (χ3v) is 5.18. The standard InChI is InChI=1S/C24H23NO4/c1-14-8-7-11-20(15(14)2)28-16(3)24(26)25-19-13-22-18(12-23(19)27-4)17-9-5-6-10-21(17)29-22/h5-13,16H,1-4H3,(H,25,26). The van der Waals surface area contributed by atoms with E-state index < -0.39 is 6.10 Å². The third-order valence-electron chi connectivity index (χ3n) is 5.18. The van der Waals surface area contributed by atoms with Crippen molar-refractivity contribution in [1.82, 2.24) is 0 Å². The minimum absolute atomic E-state index is 0.264. The van der Waals surface area contributed by atoms with Crippen LogP contribution in [0.25, 0.3) is 21.9 Å². The average Bonchev–Trinajstić information content (AvgIpc) is 3.08. The van der Waals surface area contributed by atoms with Crippen LogP contribution >= 0.6 is 0 Å². The molecule has 5 heteroatoms. The van der Waals surface area contributed by atoms with Gasteiger partial charge in [-0.25, -0.2) is 0 Å². The molecule has 0 bridgehead atoms. The van der Waals surface area contributed by atoms with Crippen LogP contribution in [0.3, 0.4) is 0 Å². The number of hydrogen-bond acceptors (Lipinski definition) is 4. The van der Waals surface area contributed by atoms with Crippen molar-refractivity contribution in [3.05, 3.63) is 65.7 Å². The first-order valence-corrected chi connectivity index (χ1v) is 9.51. The highest BCUT2D eigenvalue weighted by atomic mass is 16.5. The fourth-order valence-electron chi connectivity index (χ4n) is 3.35. The summed E-state index contributed by atoms with van der Waals surface area (Å²) in [6, 6.07) is 17.3. The molecule has 1 heterocycles. The zero-order valence-electron chi connectivity index (χ0n) is 16.9. The predicted octanol–water partition coefficient (Wildman–Crippen LogP) is 5.62. The monoisotopic (exact) mass is 389 g/mol. The lowest BCUT2D eigenvalue weighted by Crippen LogP contribution is -2.30. The highest BCUT2D eigenvalue weighted by Gasteiger charge is 2.19. The second-order valence-corrected chi connectivity index (χ2v) is 7.09. The van der Waals surface area contributed by atoms with Crippen molar-refractivity contribution in [3.8, 4) is 11.5 Å². The van der Waals surface area contributed by atoms with Gasteiger partial charge in [0.05, 0.1) is 12.8 Å². The van der Waals surface area contributed by atoms with Crippen LogP contribution < -0.4 is 14.8 Å². The highest BCUT2D eigenvalue weighted by Crippen LogP contribution is 2.36. The molecule has 1 unspecified atom stereocenters. The lowest BCUT2D eigenvalue weighted by molar-refractivity contribution is -0.122. The summed E-state index contributed by atoms with van der Waals surface area (Å²) in [5, 5.41) is 4.85. The van der Waals surface area contributed by atoms with Crippen molar-refractivity contribution in [3.63, 3.8) is 0 Å². The van der Waals surface area contributed by atoms with Crippen LogP contribution in [0.4, 0.5) is 5.69 Å². The fraction of sp³-hybridized carbons (Fsp3) is 0.208. The summed E-state index contributed by atoms with van der Waals surface area (Å²) in [5.41, 5.74) is 4.16. The molecule has 0 saturated heterocycles. The molecule has 4 rings (SSSR count). The number of furan rings is 1. The fourth-order valence-corrected chi connectivity index (χ4v) is 3.35. The molecule has 148 valence electrons. The molecule has 0 radical (unpaired) electrons. The molecule has 1 amide bonds. The first kappa shape index (κ1) is 18.9. The highest BCUT2D eigenvalue weighted by molar-refractivity contribution is 6.08. The SMILES string of the molecule is COc1cc2c(cc1NC(=O)C(C)Oc1cccc(C)c1C)oc1ccccc12. The first-order chi connectivity index (χ1) is 14.0. The van der Waals surface area contributed by atoms with E-state index in [4.69, 9.17) is 13.9 Å². The number of rotatable bonds is 5. The number of anilines is 1. The largest absolute Gasteiger partial charge is 0.495 e. The summed E-state index contributed by atoms with van der Waals surface area (Å²) < 4.78 is 17.3. The van der Waals surface area contributed by atoms with E-state index in [1.165, 1.54) is 0 Å². The van der Waals surface area contributed by atoms with E-state index in [0.717, 1.165) is 27.5 Å². The zero-order chi connectivity index (χ0) is 20.5. The summed E-state index contributed by atoms with van der Waals surface area (Å²) >= 11 is 0. The number of nitrogens with one attached hydrogen (secondary N) is 1. The van der Waals surface area contributed by atoms with Crippen LogP contribution in [0, 0.1) is 13.8 Å². The number of fused-ring (bicyclic) bond motifs is 3. The van der Waals surface area contributed by atoms with E-state index >= 15 is 0 Å². The molecule has 5 nitrogen and oxygen atoms in total. The Bertz CT molecular complexity index is 1210. The molecule has 0 aliphatic carbocycles. The minimum atomic E-state index is -0.674. The van der Waals surface area contributed by atoms with Crippen molar-refractivity contribution in [2.45, 2.75) is 26.9 Å². The van der Waals surface area contributed by atoms with E-state index in [-0.39, 0.29) is 5.91 Å². The van der Waals surface area contributed by atoms with Gasteiger partial charge in [-0.15, -0.1) is 0 Å². The number of ether oxygens (including phenoxy) is 2. The summed E-state index contributed by atoms with van der Waals surface area (Å²) in [7, 11) is 1.58. The number of aryl methyl sites for hydroxylation is 1. The molecular weight excluding hydrogens is 366 g/mol. The van der Waals surface area contributed by atoms with Gasteiger partial charge in [0.15, 0.2) is 6.10 Å². The quantitative estimate of drug-likeness (QED) is 0.481. The summed E-state index contributed by atoms with van der Waals surface area (Å²) in [6.07, 6.45) is -0.674. The van der Waals surface area contributed by atoms with Gasteiger partial charge in [-0.2, -0.15) is 0 Å². The minimum Gasteiger partial charge on any atom is -0.495 e. The average molecular weight is 389 g/mol. The maximum Gasteiger partial charge on any atom is 0.265 e. The Morgan fingerprint density at radius 3 is 2.55 bits per heavy atom. The molecule has 0 saturated carbocycles. The molecule has 29 heavy (non-hydrogen) atoms. The molecular formula is C24H23NO4. The summed E-state index contributed by atoms with van der Waals surface area (Å²) in [5.74, 6) is 1.00. The van der Waals surface area contributed by atoms with Crippen molar-refractivity contribution >= 4 is 33.5 Å². The number of amides is 1. The number of para-hydroxylation sites is 1. The summed E-state index contributed by atoms with van der Waals surface area (Å²) in [6.45, 7) is 5.72. The lowest BCUT2D eigenvalue weighted by Gasteiger charge is -2.18. The van der Waals surface area contributed by atoms with Gasteiger partial charge in [0.25, 0.3) is 5.91 Å². The van der Waals surface area contributed by atoms with Gasteiger partial charge in [0, 0.05) is 16.8 Å².